The Labute approximate surface area is 85.9 Å². The number of nitrogens with zero attached hydrogens (tertiary/aromatic N) is 1. The topological polar surface area (TPSA) is 60.2 Å². The molecule has 0 saturated heterocycles. The van der Waals surface area contributed by atoms with Crippen molar-refractivity contribution in [2.45, 2.75) is 19.1 Å². The van der Waals surface area contributed by atoms with Crippen LogP contribution < -0.4 is 0 Å². The van der Waals surface area contributed by atoms with Crippen molar-refractivity contribution < 1.29 is 14.1 Å². The zero-order valence-corrected chi connectivity index (χ0v) is 8.14. The number of hydrogen-bond acceptors (Lipinski definition) is 3. The molecule has 0 aromatic heterocycles. The van der Waals surface area contributed by atoms with Gasteiger partial charge in [0.2, 0.25) is 0 Å². The van der Waals surface area contributed by atoms with Gasteiger partial charge in [-0.3, -0.25) is 14.9 Å². The first-order valence-electron chi connectivity index (χ1n) is 4.35. The Bertz CT molecular complexity index is 380. The van der Waals surface area contributed by atoms with E-state index >= 15 is 0 Å². The molecule has 0 aliphatic heterocycles. The summed E-state index contributed by atoms with van der Waals surface area (Å²) in [5.41, 5.74) is -0.106. The van der Waals surface area contributed by atoms with Gasteiger partial charge < -0.3 is 0 Å². The molecule has 0 bridgehead atoms. The first kappa shape index (κ1) is 11.3. The number of carbonyl (C=O) groups excluding carboxylic acids is 1. The molecule has 0 heterocycles. The Hall–Kier alpha value is -1.78. The van der Waals surface area contributed by atoms with E-state index in [4.69, 9.17) is 0 Å². The van der Waals surface area contributed by atoms with Crippen LogP contribution in [0.1, 0.15) is 18.9 Å². The van der Waals surface area contributed by atoms with Gasteiger partial charge in [0.25, 0.3) is 0 Å². The fourth-order valence-electron chi connectivity index (χ4n) is 1.30. The predicted octanol–water partition coefficient (Wildman–Crippen LogP) is 2.06. The Balaban J connectivity index is 3.13. The molecule has 1 aromatic rings. The van der Waals surface area contributed by atoms with Gasteiger partial charge in [0.15, 0.2) is 0 Å². The van der Waals surface area contributed by atoms with Crippen molar-refractivity contribution in [1.29, 1.82) is 0 Å². The first-order valence-corrected chi connectivity index (χ1v) is 4.35. The van der Waals surface area contributed by atoms with Crippen molar-refractivity contribution in [2.24, 2.45) is 0 Å². The minimum absolute atomic E-state index is 0.106. The zero-order chi connectivity index (χ0) is 11.5. The van der Waals surface area contributed by atoms with Crippen LogP contribution in [0, 0.1) is 10.1 Å². The van der Waals surface area contributed by atoms with E-state index in [1.807, 2.05) is 0 Å². The molecule has 0 spiro atoms. The van der Waals surface area contributed by atoms with Gasteiger partial charge in [0, 0.05) is 0 Å². The maximum atomic E-state index is 14.0. The second-order valence-corrected chi connectivity index (χ2v) is 3.26. The fraction of sp³-hybridized carbons (Fsp3) is 0.300. The molecule has 0 fully saturated rings. The average Bonchev–Trinajstić information content (AvgIpc) is 2.17. The molecule has 0 saturated carbocycles. The molecule has 15 heavy (non-hydrogen) atoms. The number of alkyl halides is 1. The van der Waals surface area contributed by atoms with Crippen LogP contribution in [-0.2, 0) is 10.6 Å². The minimum Gasteiger partial charge on any atom is -0.300 e. The average molecular weight is 211 g/mol. The first-order chi connectivity index (χ1) is 6.97. The van der Waals surface area contributed by atoms with Crippen molar-refractivity contribution in [1.82, 2.24) is 0 Å². The van der Waals surface area contributed by atoms with E-state index in [9.17, 15) is 19.3 Å². The van der Waals surface area contributed by atoms with Gasteiger partial charge in [0.1, 0.15) is 12.2 Å². The van der Waals surface area contributed by atoms with Gasteiger partial charge in [0.05, 0.1) is 10.5 Å². The highest BCUT2D eigenvalue weighted by Crippen LogP contribution is 2.30. The summed E-state index contributed by atoms with van der Waals surface area (Å²) in [5.74, 6) is -3.37. The monoisotopic (exact) mass is 211 g/mol. The van der Waals surface area contributed by atoms with Crippen LogP contribution in [0.4, 0.5) is 4.39 Å². The molecule has 5 heteroatoms. The summed E-state index contributed by atoms with van der Waals surface area (Å²) in [6.07, 6.45) is -0.746. The summed E-state index contributed by atoms with van der Waals surface area (Å²) in [5, 5.41) is 10.6. The SMILES string of the molecule is CC(=O)CC(F)(c1ccccc1)[N+](=O)[O-]. The molecule has 0 radical (unpaired) electrons. The summed E-state index contributed by atoms with van der Waals surface area (Å²) < 4.78 is 14.0. The maximum Gasteiger partial charge on any atom is 0.391 e. The van der Waals surface area contributed by atoms with Gasteiger partial charge in [-0.1, -0.05) is 18.2 Å². The fourth-order valence-corrected chi connectivity index (χ4v) is 1.30. The number of rotatable bonds is 4. The quantitative estimate of drug-likeness (QED) is 0.435. The number of halogens is 1. The molecule has 1 unspecified atom stereocenters. The van der Waals surface area contributed by atoms with E-state index in [0.717, 1.165) is 6.92 Å². The molecular formula is C10H10FNO3. The van der Waals surface area contributed by atoms with Gasteiger partial charge in [-0.25, -0.2) is 0 Å². The maximum absolute atomic E-state index is 14.0. The number of hydrogen-bond donors (Lipinski definition) is 0. The van der Waals surface area contributed by atoms with Crippen LogP contribution >= 0.6 is 0 Å². The second-order valence-electron chi connectivity index (χ2n) is 3.26. The van der Waals surface area contributed by atoms with E-state index in [1.165, 1.54) is 24.3 Å². The summed E-state index contributed by atoms with van der Waals surface area (Å²) >= 11 is 0. The highest BCUT2D eigenvalue weighted by atomic mass is 19.1. The van der Waals surface area contributed by atoms with E-state index in [-0.39, 0.29) is 5.56 Å². The molecule has 0 aliphatic carbocycles. The largest absolute Gasteiger partial charge is 0.391 e. The third-order valence-corrected chi connectivity index (χ3v) is 1.99. The highest BCUT2D eigenvalue weighted by molar-refractivity contribution is 5.76. The summed E-state index contributed by atoms with van der Waals surface area (Å²) in [6.45, 7) is 1.13. The predicted molar refractivity (Wildman–Crippen MR) is 51.5 cm³/mol. The van der Waals surface area contributed by atoms with Crippen molar-refractivity contribution in [3.63, 3.8) is 0 Å². The molecule has 1 rings (SSSR count). The Morgan fingerprint density at radius 2 is 2.00 bits per heavy atom. The highest BCUT2D eigenvalue weighted by Gasteiger charge is 2.46. The lowest BCUT2D eigenvalue weighted by Gasteiger charge is -2.15. The number of nitro groups is 1. The Kier molecular flexibility index (Phi) is 3.14. The third-order valence-electron chi connectivity index (χ3n) is 1.99. The van der Waals surface area contributed by atoms with Gasteiger partial charge >= 0.3 is 5.79 Å². The lowest BCUT2D eigenvalue weighted by Crippen LogP contribution is -2.32. The molecule has 0 N–H and O–H groups in total. The van der Waals surface area contributed by atoms with Crippen LogP contribution in [0.2, 0.25) is 0 Å². The van der Waals surface area contributed by atoms with E-state index in [2.05, 4.69) is 0 Å². The molecular weight excluding hydrogens is 201 g/mol. The van der Waals surface area contributed by atoms with Crippen molar-refractivity contribution in [3.8, 4) is 0 Å². The lowest BCUT2D eigenvalue weighted by molar-refractivity contribution is -0.615. The summed E-state index contributed by atoms with van der Waals surface area (Å²) in [4.78, 5) is 20.4. The summed E-state index contributed by atoms with van der Waals surface area (Å²) in [6, 6.07) is 7.20. The number of carbonyl (C=O) groups is 1. The van der Waals surface area contributed by atoms with Crippen LogP contribution in [0.5, 0.6) is 0 Å². The van der Waals surface area contributed by atoms with Gasteiger partial charge in [-0.2, -0.15) is 4.39 Å². The second kappa shape index (κ2) is 4.16. The van der Waals surface area contributed by atoms with Crippen LogP contribution in [0.25, 0.3) is 0 Å². The number of ketones is 1. The van der Waals surface area contributed by atoms with E-state index < -0.39 is 22.9 Å². The van der Waals surface area contributed by atoms with Crippen molar-refractivity contribution >= 4 is 5.78 Å². The molecule has 80 valence electrons. The molecule has 1 aromatic carbocycles. The molecule has 0 amide bonds. The third kappa shape index (κ3) is 2.37. The van der Waals surface area contributed by atoms with Gasteiger partial charge in [-0.15, -0.1) is 0 Å². The van der Waals surface area contributed by atoms with Crippen LogP contribution in [-0.4, -0.2) is 10.7 Å². The lowest BCUT2D eigenvalue weighted by atomic mass is 10.00. The standard InChI is InChI=1S/C10H10FNO3/c1-8(13)7-10(11,12(14)15)9-5-3-2-4-6-9/h2-6H,7H2,1H3. The van der Waals surface area contributed by atoms with Gasteiger partial charge in [-0.05, 0) is 19.1 Å². The smallest absolute Gasteiger partial charge is 0.300 e. The van der Waals surface area contributed by atoms with Crippen LogP contribution in [0.15, 0.2) is 30.3 Å². The summed E-state index contributed by atoms with van der Waals surface area (Å²) in [7, 11) is 0. The number of benzene rings is 1. The normalized spacial score (nSPS) is 14.3. The molecule has 4 nitrogen and oxygen atoms in total. The van der Waals surface area contributed by atoms with E-state index in [1.54, 1.807) is 6.07 Å². The minimum atomic E-state index is -2.81. The Morgan fingerprint density at radius 3 is 2.40 bits per heavy atom. The van der Waals surface area contributed by atoms with Crippen molar-refractivity contribution in [3.05, 3.63) is 46.0 Å². The van der Waals surface area contributed by atoms with E-state index in [0.29, 0.717) is 0 Å². The Morgan fingerprint density at radius 1 is 1.47 bits per heavy atom. The zero-order valence-electron chi connectivity index (χ0n) is 8.14. The molecule has 0 aliphatic rings. The van der Waals surface area contributed by atoms with Crippen molar-refractivity contribution in [2.75, 3.05) is 0 Å². The number of Topliss-reactive ketones (excluding diaryl/α,β-unsaturated/α-hetero) is 1. The molecule has 1 atom stereocenters. The van der Waals surface area contributed by atoms with Crippen LogP contribution in [0.3, 0.4) is 0 Å².